The lowest BCUT2D eigenvalue weighted by Crippen LogP contribution is -2.51. The molecule has 0 aliphatic carbocycles. The summed E-state index contributed by atoms with van der Waals surface area (Å²) in [5.74, 6) is 1.31. The quantitative estimate of drug-likeness (QED) is 0.111. The van der Waals surface area contributed by atoms with E-state index in [1.54, 1.807) is 14.2 Å². The Hall–Kier alpha value is -4.14. The summed E-state index contributed by atoms with van der Waals surface area (Å²) in [6, 6.07) is 25.6. The minimum atomic E-state index is -3.34. The molecule has 1 aliphatic rings. The van der Waals surface area contributed by atoms with Crippen LogP contribution in [0.5, 0.6) is 11.5 Å². The van der Waals surface area contributed by atoms with Gasteiger partial charge < -0.3 is 28.5 Å². The predicted octanol–water partition coefficient (Wildman–Crippen LogP) is 4.76. The molecule has 2 heterocycles. The summed E-state index contributed by atoms with van der Waals surface area (Å²) >= 11 is 0. The van der Waals surface area contributed by atoms with Crippen LogP contribution in [0.2, 0.25) is 18.1 Å². The zero-order valence-corrected chi connectivity index (χ0v) is 31.5. The molecule has 0 bridgehead atoms. The second-order valence-corrected chi connectivity index (χ2v) is 19.1. The van der Waals surface area contributed by atoms with Crippen LogP contribution >= 0.6 is 8.25 Å². The van der Waals surface area contributed by atoms with Gasteiger partial charge in [0, 0.05) is 16.8 Å². The van der Waals surface area contributed by atoms with Crippen molar-refractivity contribution in [2.45, 2.75) is 69.0 Å². The molecule has 5 rings (SSSR count). The molecule has 13 nitrogen and oxygen atoms in total. The van der Waals surface area contributed by atoms with E-state index in [1.807, 2.05) is 113 Å². The van der Waals surface area contributed by atoms with Crippen molar-refractivity contribution in [2.24, 2.45) is 0 Å². The Bertz CT molecular complexity index is 1880. The molecule has 1 saturated heterocycles. The Morgan fingerprint density at radius 1 is 0.843 bits per heavy atom. The first-order chi connectivity index (χ1) is 24.1. The molecule has 1 aromatic heterocycles. The maximum Gasteiger partial charge on any atom is 0.768 e. The Morgan fingerprint density at radius 2 is 1.37 bits per heavy atom. The van der Waals surface area contributed by atoms with E-state index in [2.05, 4.69) is 4.62 Å². The summed E-state index contributed by atoms with van der Waals surface area (Å²) in [4.78, 5) is 35.3. The number of nitrogens with zero attached hydrogens (tertiary/aromatic N) is 2. The molecule has 1 unspecified atom stereocenters. The zero-order chi connectivity index (χ0) is 37.1. The number of aliphatic hydroxyl groups excluding tert-OH is 1. The number of aliphatic hydroxyl groups is 1. The van der Waals surface area contributed by atoms with Gasteiger partial charge in [-0.15, -0.1) is 9.52 Å². The van der Waals surface area contributed by atoms with E-state index in [9.17, 15) is 24.2 Å². The van der Waals surface area contributed by atoms with Gasteiger partial charge in [-0.1, -0.05) is 75.4 Å². The number of rotatable bonds is 13. The first kappa shape index (κ1) is 38.1. The van der Waals surface area contributed by atoms with Crippen molar-refractivity contribution in [3.05, 3.63) is 129 Å². The highest BCUT2D eigenvalue weighted by Gasteiger charge is 2.52. The van der Waals surface area contributed by atoms with Gasteiger partial charge in [-0.3, -0.25) is 9.36 Å². The smallest absolute Gasteiger partial charge is 0.497 e. The fraction of sp³-hybridized carbons (Fsp3) is 0.389. The van der Waals surface area contributed by atoms with Crippen molar-refractivity contribution >= 4 is 16.6 Å². The van der Waals surface area contributed by atoms with Crippen LogP contribution in [0.1, 0.15) is 43.7 Å². The number of ether oxygens (including phenoxy) is 4. The summed E-state index contributed by atoms with van der Waals surface area (Å²) in [5, 5.41) is 11.7. The molecule has 272 valence electrons. The fourth-order valence-electron chi connectivity index (χ4n) is 5.82. The summed E-state index contributed by atoms with van der Waals surface area (Å²) < 4.78 is 48.3. The largest absolute Gasteiger partial charge is 0.768 e. The molecular weight excluding hydrogens is 695 g/mol. The van der Waals surface area contributed by atoms with Crippen molar-refractivity contribution < 1.29 is 42.6 Å². The third-order valence-corrected chi connectivity index (χ3v) is 14.4. The van der Waals surface area contributed by atoms with Crippen LogP contribution < -0.4 is 25.3 Å². The second kappa shape index (κ2) is 15.2. The zero-order valence-electron chi connectivity index (χ0n) is 29.6. The average molecular weight is 740 g/mol. The van der Waals surface area contributed by atoms with Gasteiger partial charge >= 0.3 is 13.9 Å². The van der Waals surface area contributed by atoms with Gasteiger partial charge in [0.15, 0.2) is 14.5 Å². The van der Waals surface area contributed by atoms with E-state index in [-0.39, 0.29) is 16.4 Å². The van der Waals surface area contributed by atoms with Crippen molar-refractivity contribution in [1.82, 2.24) is 9.30 Å². The predicted molar refractivity (Wildman–Crippen MR) is 192 cm³/mol. The molecule has 5 atom stereocenters. The number of benzene rings is 3. The Kier molecular flexibility index (Phi) is 11.4. The van der Waals surface area contributed by atoms with E-state index >= 15 is 0 Å². The monoisotopic (exact) mass is 739 g/mol. The Labute approximate surface area is 297 Å². The van der Waals surface area contributed by atoms with Gasteiger partial charge in [0.1, 0.15) is 35.4 Å². The molecule has 0 amide bonds. The van der Waals surface area contributed by atoms with Crippen LogP contribution in [-0.4, -0.2) is 66.8 Å². The molecule has 1 fully saturated rings. The number of hydrogen-bond donors (Lipinski definition) is 2. The summed E-state index contributed by atoms with van der Waals surface area (Å²) in [5.41, 5.74) is -0.969. The average Bonchev–Trinajstić information content (AvgIpc) is 3.40. The van der Waals surface area contributed by atoms with Crippen LogP contribution in [0, 0.1) is 0 Å². The Balaban J connectivity index is 1.62. The topological polar surface area (TPSA) is 157 Å². The molecule has 1 aliphatic heterocycles. The number of methoxy groups -OCH3 is 2. The molecule has 4 aromatic rings. The van der Waals surface area contributed by atoms with E-state index in [0.717, 1.165) is 27.3 Å². The lowest BCUT2D eigenvalue weighted by molar-refractivity contribution is -0.0963. The van der Waals surface area contributed by atoms with Crippen molar-refractivity contribution in [3.63, 3.8) is 0 Å². The summed E-state index contributed by atoms with van der Waals surface area (Å²) in [6.45, 7) is 9.91. The summed E-state index contributed by atoms with van der Waals surface area (Å²) in [7, 11) is -2.79. The van der Waals surface area contributed by atoms with Crippen molar-refractivity contribution in [1.29, 1.82) is 0 Å². The van der Waals surface area contributed by atoms with E-state index in [1.165, 1.54) is 6.20 Å². The number of aromatic nitrogens is 2. The molecule has 0 radical (unpaired) electrons. The first-order valence-electron chi connectivity index (χ1n) is 16.3. The highest BCUT2D eigenvalue weighted by Crippen LogP contribution is 2.45. The van der Waals surface area contributed by atoms with Gasteiger partial charge in [0.05, 0.1) is 20.8 Å². The minimum absolute atomic E-state index is 0.176. The van der Waals surface area contributed by atoms with Crippen molar-refractivity contribution in [3.8, 4) is 11.5 Å². The van der Waals surface area contributed by atoms with E-state index in [4.69, 9.17) is 23.4 Å². The van der Waals surface area contributed by atoms with Gasteiger partial charge in [0.2, 0.25) is 0 Å². The third kappa shape index (κ3) is 7.72. The normalized spacial score (nSPS) is 19.8. The lowest BCUT2D eigenvalue weighted by atomic mass is 9.80. The molecular formula is C36H44N2O11PSi+. The second-order valence-electron chi connectivity index (χ2n) is 13.7. The maximum absolute atomic E-state index is 13.5. The summed E-state index contributed by atoms with van der Waals surface area (Å²) in [6.07, 6.45) is -3.55. The molecule has 15 heteroatoms. The molecule has 3 aromatic carbocycles. The van der Waals surface area contributed by atoms with Crippen LogP contribution in [-0.2, 0) is 24.1 Å². The van der Waals surface area contributed by atoms with Crippen LogP contribution in [0.3, 0.4) is 0 Å². The first-order valence-corrected chi connectivity index (χ1v) is 20.4. The Morgan fingerprint density at radius 3 is 1.86 bits per heavy atom. The molecule has 51 heavy (non-hydrogen) atoms. The maximum atomic E-state index is 13.5. The standard InChI is InChI=1S/C36H43N2O11PSi/c1-35(2,3)51(6,7)48-32-31(40)29(47-33(32)37-22-21-30(39)38(34(37)41)49-50(42)43)23-46-36(24-11-9-8-10-12-24,25-13-17-27(44-4)18-14-25)26-15-19-28(45-5)20-16-26/h8-22,29,31-33,40H,23H2,1-7H3/p+1/t29-,31-,32-,33-/m1/s1. The van der Waals surface area contributed by atoms with Gasteiger partial charge in [-0.05, 0) is 63.8 Å². The van der Waals surface area contributed by atoms with Gasteiger partial charge in [0.25, 0.3) is 5.56 Å². The lowest BCUT2D eigenvalue weighted by Gasteiger charge is -2.40. The SMILES string of the molecule is COc1ccc(C(OC[C@H]2O[C@@H](n3ccc(=O)n(O[P+](=O)O)c3=O)[C@H](O[Si](C)(C)C(C)(C)C)[C@@H]2O)(c2ccccc2)c2ccc(OC)cc2)cc1. The van der Waals surface area contributed by atoms with Gasteiger partial charge in [-0.2, -0.15) is 0 Å². The highest BCUT2D eigenvalue weighted by atomic mass is 31.1. The molecule has 0 saturated carbocycles. The van der Waals surface area contributed by atoms with E-state index < -0.39 is 58.0 Å². The van der Waals surface area contributed by atoms with Gasteiger partial charge in [-0.25, -0.2) is 4.79 Å². The fourth-order valence-corrected chi connectivity index (χ4v) is 7.40. The van der Waals surface area contributed by atoms with E-state index in [0.29, 0.717) is 11.5 Å². The van der Waals surface area contributed by atoms with Crippen LogP contribution in [0.15, 0.2) is 101 Å². The molecule has 2 N–H and O–H groups in total. The van der Waals surface area contributed by atoms with Crippen LogP contribution in [0.4, 0.5) is 0 Å². The minimum Gasteiger partial charge on any atom is -0.497 e. The third-order valence-electron chi connectivity index (χ3n) is 9.59. The highest BCUT2D eigenvalue weighted by molar-refractivity contribution is 7.32. The number of hydrogen-bond acceptors (Lipinski definition) is 10. The van der Waals surface area contributed by atoms with Crippen molar-refractivity contribution in [2.75, 3.05) is 20.8 Å². The van der Waals surface area contributed by atoms with Crippen LogP contribution in [0.25, 0.3) is 0 Å². The molecule has 0 spiro atoms.